The molecule has 0 unspecified atom stereocenters. The number of methoxy groups -OCH3 is 1. The summed E-state index contributed by atoms with van der Waals surface area (Å²) in [6.45, 7) is 5.12. The molecule has 8 heteroatoms. The SMILES string of the molecule is COCCNC(=O)c1cccc(-c2n[nH]c3ccc(-c4nncn4C(C)C)cc23)c1. The minimum absolute atomic E-state index is 0.139. The van der Waals surface area contributed by atoms with Crippen molar-refractivity contribution < 1.29 is 9.53 Å². The topological polar surface area (TPSA) is 97.7 Å². The van der Waals surface area contributed by atoms with Gasteiger partial charge in [-0.1, -0.05) is 12.1 Å². The molecule has 0 saturated heterocycles. The molecule has 0 bridgehead atoms. The summed E-state index contributed by atoms with van der Waals surface area (Å²) in [5, 5.41) is 19.7. The van der Waals surface area contributed by atoms with Crippen LogP contribution in [0.25, 0.3) is 33.5 Å². The molecule has 2 aromatic carbocycles. The lowest BCUT2D eigenvalue weighted by Crippen LogP contribution is -2.26. The van der Waals surface area contributed by atoms with E-state index in [1.54, 1.807) is 19.5 Å². The first-order chi connectivity index (χ1) is 14.6. The van der Waals surface area contributed by atoms with E-state index in [-0.39, 0.29) is 11.9 Å². The normalized spacial score (nSPS) is 11.3. The highest BCUT2D eigenvalue weighted by Crippen LogP contribution is 2.31. The molecule has 8 nitrogen and oxygen atoms in total. The van der Waals surface area contributed by atoms with Crippen LogP contribution in [-0.2, 0) is 4.74 Å². The lowest BCUT2D eigenvalue weighted by Gasteiger charge is -2.10. The number of ether oxygens (including phenoxy) is 1. The molecule has 0 radical (unpaired) electrons. The number of aromatic nitrogens is 5. The summed E-state index contributed by atoms with van der Waals surface area (Å²) < 4.78 is 7.02. The standard InChI is InChI=1S/C22H24N6O2/c1-14(2)28-13-24-27-21(28)16-7-8-19-18(12-16)20(26-25-19)15-5-4-6-17(11-15)22(29)23-9-10-30-3/h4-8,11-14H,9-10H2,1-3H3,(H,23,29)(H,25,26). The van der Waals surface area contributed by atoms with Gasteiger partial charge in [-0.3, -0.25) is 9.89 Å². The quantitative estimate of drug-likeness (QED) is 0.460. The number of hydrogen-bond donors (Lipinski definition) is 2. The molecule has 0 aliphatic carbocycles. The van der Waals surface area contributed by atoms with Crippen molar-refractivity contribution in [2.45, 2.75) is 19.9 Å². The van der Waals surface area contributed by atoms with Crippen molar-refractivity contribution in [3.8, 4) is 22.6 Å². The van der Waals surface area contributed by atoms with Gasteiger partial charge in [-0.05, 0) is 44.2 Å². The van der Waals surface area contributed by atoms with Gasteiger partial charge in [0.1, 0.15) is 6.33 Å². The third kappa shape index (κ3) is 3.81. The van der Waals surface area contributed by atoms with Gasteiger partial charge in [0, 0.05) is 41.8 Å². The van der Waals surface area contributed by atoms with Gasteiger partial charge in [0.05, 0.1) is 17.8 Å². The number of fused-ring (bicyclic) bond motifs is 1. The Hall–Kier alpha value is -3.52. The van der Waals surface area contributed by atoms with E-state index < -0.39 is 0 Å². The third-order valence-corrected chi connectivity index (χ3v) is 4.94. The number of carbonyl (C=O) groups excluding carboxylic acids is 1. The van der Waals surface area contributed by atoms with Crippen molar-refractivity contribution in [1.29, 1.82) is 0 Å². The molecule has 2 heterocycles. The highest BCUT2D eigenvalue weighted by molar-refractivity contribution is 5.98. The molecule has 0 spiro atoms. The van der Waals surface area contributed by atoms with Crippen molar-refractivity contribution >= 4 is 16.8 Å². The molecule has 0 aliphatic heterocycles. The van der Waals surface area contributed by atoms with E-state index in [9.17, 15) is 4.79 Å². The van der Waals surface area contributed by atoms with E-state index in [1.807, 2.05) is 34.9 Å². The van der Waals surface area contributed by atoms with Gasteiger partial charge in [-0.25, -0.2) is 0 Å². The number of nitrogens with zero attached hydrogens (tertiary/aromatic N) is 4. The number of nitrogens with one attached hydrogen (secondary N) is 2. The van der Waals surface area contributed by atoms with E-state index in [2.05, 4.69) is 45.6 Å². The summed E-state index contributed by atoms with van der Waals surface area (Å²) in [5.41, 5.74) is 4.11. The van der Waals surface area contributed by atoms with Gasteiger partial charge in [-0.15, -0.1) is 10.2 Å². The Labute approximate surface area is 174 Å². The maximum Gasteiger partial charge on any atom is 0.251 e. The second-order valence-electron chi connectivity index (χ2n) is 7.32. The second kappa shape index (κ2) is 8.46. The average Bonchev–Trinajstić information content (AvgIpc) is 3.41. The summed E-state index contributed by atoms with van der Waals surface area (Å²) in [6, 6.07) is 13.8. The molecule has 154 valence electrons. The largest absolute Gasteiger partial charge is 0.383 e. The first-order valence-electron chi connectivity index (χ1n) is 9.84. The molecule has 1 amide bonds. The predicted molar refractivity (Wildman–Crippen MR) is 115 cm³/mol. The fraction of sp³-hybridized carbons (Fsp3) is 0.273. The lowest BCUT2D eigenvalue weighted by atomic mass is 10.0. The van der Waals surface area contributed by atoms with Crippen LogP contribution < -0.4 is 5.32 Å². The Kier molecular flexibility index (Phi) is 5.58. The third-order valence-electron chi connectivity index (χ3n) is 4.94. The zero-order valence-corrected chi connectivity index (χ0v) is 17.2. The van der Waals surface area contributed by atoms with Crippen LogP contribution in [0.3, 0.4) is 0 Å². The maximum atomic E-state index is 12.4. The molecule has 0 atom stereocenters. The average molecular weight is 404 g/mol. The van der Waals surface area contributed by atoms with Crippen LogP contribution in [0.15, 0.2) is 48.8 Å². The van der Waals surface area contributed by atoms with E-state index in [0.29, 0.717) is 18.7 Å². The monoisotopic (exact) mass is 404 g/mol. The number of H-pyrrole nitrogens is 1. The van der Waals surface area contributed by atoms with Crippen molar-refractivity contribution in [3.63, 3.8) is 0 Å². The minimum atomic E-state index is -0.139. The Morgan fingerprint density at radius 2 is 2.07 bits per heavy atom. The molecule has 2 aromatic heterocycles. The van der Waals surface area contributed by atoms with Gasteiger partial charge in [0.25, 0.3) is 5.91 Å². The second-order valence-corrected chi connectivity index (χ2v) is 7.32. The summed E-state index contributed by atoms with van der Waals surface area (Å²) in [7, 11) is 1.60. The van der Waals surface area contributed by atoms with E-state index in [0.717, 1.165) is 33.5 Å². The summed E-state index contributed by atoms with van der Waals surface area (Å²) >= 11 is 0. The van der Waals surface area contributed by atoms with E-state index in [1.165, 1.54) is 0 Å². The molecule has 4 rings (SSSR count). The Morgan fingerprint density at radius 1 is 1.20 bits per heavy atom. The van der Waals surface area contributed by atoms with Gasteiger partial charge in [-0.2, -0.15) is 5.10 Å². The number of aromatic amines is 1. The van der Waals surface area contributed by atoms with Gasteiger partial charge < -0.3 is 14.6 Å². The predicted octanol–water partition coefficient (Wildman–Crippen LogP) is 3.45. The zero-order chi connectivity index (χ0) is 21.1. The van der Waals surface area contributed by atoms with E-state index >= 15 is 0 Å². The van der Waals surface area contributed by atoms with Crippen LogP contribution in [0.2, 0.25) is 0 Å². The number of carbonyl (C=O) groups is 1. The van der Waals surface area contributed by atoms with Crippen molar-refractivity contribution in [1.82, 2.24) is 30.3 Å². The smallest absolute Gasteiger partial charge is 0.251 e. The fourth-order valence-corrected chi connectivity index (χ4v) is 3.38. The molecule has 30 heavy (non-hydrogen) atoms. The molecular formula is C22H24N6O2. The van der Waals surface area contributed by atoms with Crippen LogP contribution in [-0.4, -0.2) is 51.1 Å². The number of rotatable bonds is 7. The molecule has 4 aromatic rings. The van der Waals surface area contributed by atoms with Crippen LogP contribution in [0.5, 0.6) is 0 Å². The molecule has 0 aliphatic rings. The summed E-state index contributed by atoms with van der Waals surface area (Å²) in [4.78, 5) is 12.4. The van der Waals surface area contributed by atoms with Crippen LogP contribution in [0.1, 0.15) is 30.2 Å². The first kappa shape index (κ1) is 19.8. The zero-order valence-electron chi connectivity index (χ0n) is 17.2. The van der Waals surface area contributed by atoms with Crippen LogP contribution in [0, 0.1) is 0 Å². The number of amides is 1. The molecular weight excluding hydrogens is 380 g/mol. The maximum absolute atomic E-state index is 12.4. The van der Waals surface area contributed by atoms with Gasteiger partial charge >= 0.3 is 0 Å². The highest BCUT2D eigenvalue weighted by atomic mass is 16.5. The van der Waals surface area contributed by atoms with E-state index in [4.69, 9.17) is 4.74 Å². The first-order valence-corrected chi connectivity index (χ1v) is 9.84. The number of benzene rings is 2. The van der Waals surface area contributed by atoms with Gasteiger partial charge in [0.2, 0.25) is 0 Å². The van der Waals surface area contributed by atoms with Crippen molar-refractivity contribution in [3.05, 3.63) is 54.4 Å². The highest BCUT2D eigenvalue weighted by Gasteiger charge is 2.15. The fourth-order valence-electron chi connectivity index (χ4n) is 3.38. The number of hydrogen-bond acceptors (Lipinski definition) is 5. The molecule has 2 N–H and O–H groups in total. The Bertz CT molecular complexity index is 1180. The Morgan fingerprint density at radius 3 is 2.87 bits per heavy atom. The summed E-state index contributed by atoms with van der Waals surface area (Å²) in [6.07, 6.45) is 1.74. The van der Waals surface area contributed by atoms with Gasteiger partial charge in [0.15, 0.2) is 5.82 Å². The minimum Gasteiger partial charge on any atom is -0.383 e. The van der Waals surface area contributed by atoms with Crippen molar-refractivity contribution in [2.24, 2.45) is 0 Å². The van der Waals surface area contributed by atoms with Crippen LogP contribution >= 0.6 is 0 Å². The molecule has 0 saturated carbocycles. The lowest BCUT2D eigenvalue weighted by molar-refractivity contribution is 0.0937. The van der Waals surface area contributed by atoms with Crippen LogP contribution in [0.4, 0.5) is 0 Å². The Balaban J connectivity index is 1.71. The molecule has 0 fully saturated rings. The summed E-state index contributed by atoms with van der Waals surface area (Å²) in [5.74, 6) is 0.671. The van der Waals surface area contributed by atoms with Crippen molar-refractivity contribution in [2.75, 3.05) is 20.3 Å².